The van der Waals surface area contributed by atoms with Gasteiger partial charge in [0.25, 0.3) is 0 Å². The van der Waals surface area contributed by atoms with Crippen molar-refractivity contribution in [2.75, 3.05) is 13.1 Å². The van der Waals surface area contributed by atoms with E-state index in [2.05, 4.69) is 10.4 Å². The first-order chi connectivity index (χ1) is 11.1. The van der Waals surface area contributed by atoms with Crippen molar-refractivity contribution in [1.29, 1.82) is 0 Å². The highest BCUT2D eigenvalue weighted by Crippen LogP contribution is 2.29. The highest BCUT2D eigenvalue weighted by Gasteiger charge is 2.38. The van der Waals surface area contributed by atoms with E-state index in [1.165, 1.54) is 12.8 Å². The number of carbonyl (C=O) groups excluding carboxylic acids is 2. The fourth-order valence-electron chi connectivity index (χ4n) is 3.66. The van der Waals surface area contributed by atoms with Crippen LogP contribution in [0.1, 0.15) is 44.2 Å². The molecule has 1 aliphatic heterocycles. The van der Waals surface area contributed by atoms with Crippen LogP contribution in [0, 0.1) is 12.8 Å². The number of aromatic nitrogens is 2. The maximum absolute atomic E-state index is 12.3. The van der Waals surface area contributed by atoms with Gasteiger partial charge >= 0.3 is 0 Å². The minimum Gasteiger partial charge on any atom is -0.356 e. The Morgan fingerprint density at radius 3 is 2.87 bits per heavy atom. The molecule has 1 atom stereocenters. The summed E-state index contributed by atoms with van der Waals surface area (Å²) in [6.45, 7) is 4.00. The minimum atomic E-state index is -0.171. The predicted octanol–water partition coefficient (Wildman–Crippen LogP) is 1.49. The Kier molecular flexibility index (Phi) is 4.98. The van der Waals surface area contributed by atoms with Crippen LogP contribution in [0.15, 0.2) is 12.3 Å². The van der Waals surface area contributed by atoms with Crippen molar-refractivity contribution in [3.63, 3.8) is 0 Å². The number of amides is 2. The zero-order valence-corrected chi connectivity index (χ0v) is 13.8. The molecule has 3 rings (SSSR count). The van der Waals surface area contributed by atoms with Gasteiger partial charge < -0.3 is 10.2 Å². The second-order valence-electron chi connectivity index (χ2n) is 6.75. The maximum Gasteiger partial charge on any atom is 0.225 e. The largest absolute Gasteiger partial charge is 0.356 e. The third-order valence-corrected chi connectivity index (χ3v) is 4.93. The van der Waals surface area contributed by atoms with E-state index in [1.807, 2.05) is 28.8 Å². The Morgan fingerprint density at radius 2 is 2.17 bits per heavy atom. The summed E-state index contributed by atoms with van der Waals surface area (Å²) in [7, 11) is 0. The number of aryl methyl sites for hydroxylation is 2. The van der Waals surface area contributed by atoms with Gasteiger partial charge in [-0.05, 0) is 32.3 Å². The van der Waals surface area contributed by atoms with Crippen molar-refractivity contribution in [3.8, 4) is 0 Å². The van der Waals surface area contributed by atoms with Crippen molar-refractivity contribution >= 4 is 11.8 Å². The molecule has 0 spiro atoms. The van der Waals surface area contributed by atoms with Crippen molar-refractivity contribution in [1.82, 2.24) is 20.0 Å². The first kappa shape index (κ1) is 16.0. The molecule has 1 aromatic heterocycles. The van der Waals surface area contributed by atoms with E-state index < -0.39 is 0 Å². The lowest BCUT2D eigenvalue weighted by Crippen LogP contribution is -2.37. The molecular weight excluding hydrogens is 292 g/mol. The third kappa shape index (κ3) is 3.92. The number of rotatable bonds is 6. The van der Waals surface area contributed by atoms with Crippen molar-refractivity contribution in [3.05, 3.63) is 18.0 Å². The lowest BCUT2D eigenvalue weighted by Gasteiger charge is -2.23. The molecule has 1 N–H and O–H groups in total. The van der Waals surface area contributed by atoms with Crippen LogP contribution in [0.3, 0.4) is 0 Å². The molecule has 6 heteroatoms. The topological polar surface area (TPSA) is 67.2 Å². The molecule has 2 fully saturated rings. The molecule has 2 aliphatic rings. The monoisotopic (exact) mass is 318 g/mol. The van der Waals surface area contributed by atoms with Crippen molar-refractivity contribution in [2.45, 2.75) is 58.0 Å². The summed E-state index contributed by atoms with van der Waals surface area (Å²) >= 11 is 0. The molecule has 126 valence electrons. The first-order valence-corrected chi connectivity index (χ1v) is 8.71. The average Bonchev–Trinajstić information content (AvgIpc) is 3.24. The van der Waals surface area contributed by atoms with Gasteiger partial charge in [0.05, 0.1) is 11.6 Å². The number of hydrogen-bond donors (Lipinski definition) is 1. The Morgan fingerprint density at radius 1 is 1.39 bits per heavy atom. The van der Waals surface area contributed by atoms with Crippen LogP contribution in [-0.4, -0.2) is 45.6 Å². The minimum absolute atomic E-state index is 0.0236. The summed E-state index contributed by atoms with van der Waals surface area (Å²) < 4.78 is 1.89. The molecule has 0 aromatic carbocycles. The summed E-state index contributed by atoms with van der Waals surface area (Å²) in [5.74, 6) is 0.00890. The van der Waals surface area contributed by atoms with E-state index in [9.17, 15) is 9.59 Å². The van der Waals surface area contributed by atoms with Gasteiger partial charge in [-0.25, -0.2) is 0 Å². The second-order valence-corrected chi connectivity index (χ2v) is 6.75. The van der Waals surface area contributed by atoms with Gasteiger partial charge in [-0.15, -0.1) is 0 Å². The van der Waals surface area contributed by atoms with Crippen molar-refractivity contribution in [2.24, 2.45) is 5.92 Å². The van der Waals surface area contributed by atoms with Crippen LogP contribution in [-0.2, 0) is 16.1 Å². The standard InChI is InChI=1S/C17H26N4O2/c1-13-7-10-20(19-13)9-4-8-18-17(23)14-11-16(22)21(12-14)15-5-2-3-6-15/h7,10,14-15H,2-6,8-9,11-12H2,1H3,(H,18,23). The summed E-state index contributed by atoms with van der Waals surface area (Å²) in [4.78, 5) is 26.3. The van der Waals surface area contributed by atoms with E-state index in [4.69, 9.17) is 0 Å². The lowest BCUT2D eigenvalue weighted by atomic mass is 10.1. The maximum atomic E-state index is 12.3. The van der Waals surface area contributed by atoms with Crippen LogP contribution in [0.2, 0.25) is 0 Å². The van der Waals surface area contributed by atoms with Gasteiger partial charge in [0.1, 0.15) is 0 Å². The Bertz CT molecular complexity index is 563. The van der Waals surface area contributed by atoms with Gasteiger partial charge in [-0.3, -0.25) is 14.3 Å². The van der Waals surface area contributed by atoms with Gasteiger partial charge in [-0.1, -0.05) is 12.8 Å². The number of nitrogens with one attached hydrogen (secondary N) is 1. The third-order valence-electron chi connectivity index (χ3n) is 4.93. The molecule has 1 unspecified atom stereocenters. The molecular formula is C17H26N4O2. The quantitative estimate of drug-likeness (QED) is 0.808. The molecule has 6 nitrogen and oxygen atoms in total. The lowest BCUT2D eigenvalue weighted by molar-refractivity contribution is -0.130. The number of nitrogens with zero attached hydrogens (tertiary/aromatic N) is 3. The van der Waals surface area contributed by atoms with Gasteiger partial charge in [0, 0.05) is 38.3 Å². The zero-order valence-electron chi connectivity index (χ0n) is 13.8. The molecule has 1 aromatic rings. The van der Waals surface area contributed by atoms with Gasteiger partial charge in [0.2, 0.25) is 11.8 Å². The number of hydrogen-bond acceptors (Lipinski definition) is 3. The van der Waals surface area contributed by atoms with Crippen LogP contribution in [0.25, 0.3) is 0 Å². The normalized spacial score (nSPS) is 22.0. The summed E-state index contributed by atoms with van der Waals surface area (Å²) in [6.07, 6.45) is 7.79. The molecule has 1 saturated heterocycles. The Balaban J connectivity index is 1.39. The molecule has 0 radical (unpaired) electrons. The van der Waals surface area contributed by atoms with E-state index >= 15 is 0 Å². The molecule has 23 heavy (non-hydrogen) atoms. The van der Waals surface area contributed by atoms with Crippen LogP contribution in [0.5, 0.6) is 0 Å². The second kappa shape index (κ2) is 7.15. The highest BCUT2D eigenvalue weighted by atomic mass is 16.2. The van der Waals surface area contributed by atoms with E-state index in [1.54, 1.807) is 0 Å². The molecule has 0 bridgehead atoms. The number of carbonyl (C=O) groups is 2. The van der Waals surface area contributed by atoms with E-state index in [-0.39, 0.29) is 17.7 Å². The number of likely N-dealkylation sites (tertiary alicyclic amines) is 1. The van der Waals surface area contributed by atoms with Gasteiger partial charge in [-0.2, -0.15) is 5.10 Å². The molecule has 1 aliphatic carbocycles. The Hall–Kier alpha value is -1.85. The van der Waals surface area contributed by atoms with E-state index in [0.29, 0.717) is 25.6 Å². The van der Waals surface area contributed by atoms with Crippen molar-refractivity contribution < 1.29 is 9.59 Å². The summed E-state index contributed by atoms with van der Waals surface area (Å²) in [5.41, 5.74) is 1.01. The fourth-order valence-corrected chi connectivity index (χ4v) is 3.66. The van der Waals surface area contributed by atoms with Gasteiger partial charge in [0.15, 0.2) is 0 Å². The SMILES string of the molecule is Cc1ccn(CCCNC(=O)C2CC(=O)N(C3CCCC3)C2)n1. The van der Waals surface area contributed by atoms with E-state index in [0.717, 1.165) is 31.5 Å². The molecule has 1 saturated carbocycles. The highest BCUT2D eigenvalue weighted by molar-refractivity contribution is 5.89. The van der Waals surface area contributed by atoms with Crippen LogP contribution >= 0.6 is 0 Å². The van der Waals surface area contributed by atoms with Crippen LogP contribution < -0.4 is 5.32 Å². The smallest absolute Gasteiger partial charge is 0.225 e. The summed E-state index contributed by atoms with van der Waals surface area (Å²) in [5, 5.41) is 7.30. The average molecular weight is 318 g/mol. The fraction of sp³-hybridized carbons (Fsp3) is 0.706. The molecule has 2 amide bonds. The molecule has 2 heterocycles. The van der Waals surface area contributed by atoms with Crippen LogP contribution in [0.4, 0.5) is 0 Å². The first-order valence-electron chi connectivity index (χ1n) is 8.71. The summed E-state index contributed by atoms with van der Waals surface area (Å²) in [6, 6.07) is 2.35. The predicted molar refractivity (Wildman–Crippen MR) is 86.7 cm³/mol. The zero-order chi connectivity index (χ0) is 16.2. The Labute approximate surface area is 137 Å².